The first-order valence-electron chi connectivity index (χ1n) is 16.3. The lowest BCUT2D eigenvalue weighted by molar-refractivity contribution is -0.182. The maximum atomic E-state index is 14.2. The number of aromatic nitrogens is 7. The highest BCUT2D eigenvalue weighted by Gasteiger charge is 2.41. The van der Waals surface area contributed by atoms with Gasteiger partial charge >= 0.3 is 6.18 Å². The van der Waals surface area contributed by atoms with Crippen molar-refractivity contribution >= 4 is 23.3 Å². The number of nitrogens with one attached hydrogen (secondary N) is 1. The number of anilines is 1. The molecule has 0 aromatic carbocycles. The van der Waals surface area contributed by atoms with Crippen molar-refractivity contribution in [1.29, 1.82) is 0 Å². The Morgan fingerprint density at radius 2 is 1.80 bits per heavy atom. The number of aromatic hydroxyl groups is 1. The number of nitrogens with zero attached hydrogens (tertiary/aromatic N) is 9. The van der Waals surface area contributed by atoms with Gasteiger partial charge < -0.3 is 29.5 Å². The predicted octanol–water partition coefficient (Wildman–Crippen LogP) is 2.53. The molecule has 15 nitrogen and oxygen atoms in total. The molecule has 2 fully saturated rings. The predicted molar refractivity (Wildman–Crippen MR) is 173 cm³/mol. The van der Waals surface area contributed by atoms with Crippen LogP contribution in [0.25, 0.3) is 17.2 Å². The molecule has 5 heterocycles. The summed E-state index contributed by atoms with van der Waals surface area (Å²) in [6, 6.07) is 2.86. The smallest absolute Gasteiger partial charge is 0.391 e. The van der Waals surface area contributed by atoms with Crippen LogP contribution in [0.4, 0.5) is 18.9 Å². The number of carbonyl (C=O) groups excluding carboxylic acids is 2. The molecule has 1 saturated heterocycles. The Hall–Kier alpha value is -5.29. The zero-order valence-electron chi connectivity index (χ0n) is 27.8. The number of pyridine rings is 1. The zero-order chi connectivity index (χ0) is 35.7. The Kier molecular flexibility index (Phi) is 9.62. The van der Waals surface area contributed by atoms with Crippen molar-refractivity contribution in [2.24, 2.45) is 5.92 Å². The van der Waals surface area contributed by atoms with Gasteiger partial charge in [0.2, 0.25) is 17.6 Å². The first kappa shape index (κ1) is 34.6. The van der Waals surface area contributed by atoms with E-state index < -0.39 is 35.5 Å². The number of rotatable bonds is 8. The van der Waals surface area contributed by atoms with Crippen LogP contribution in [0, 0.1) is 12.8 Å². The lowest BCUT2D eigenvalue weighted by atomic mass is 9.85. The summed E-state index contributed by atoms with van der Waals surface area (Å²) in [4.78, 5) is 60.9. The fourth-order valence-electron chi connectivity index (χ4n) is 6.60. The third-order valence-corrected chi connectivity index (χ3v) is 9.31. The summed E-state index contributed by atoms with van der Waals surface area (Å²) in [6.45, 7) is 4.07. The van der Waals surface area contributed by atoms with E-state index in [1.165, 1.54) is 24.5 Å². The number of methoxy groups -OCH3 is 1. The molecule has 6 rings (SSSR count). The molecule has 2 amide bonds. The molecule has 2 aliphatic rings. The van der Waals surface area contributed by atoms with Crippen molar-refractivity contribution in [3.05, 3.63) is 52.1 Å². The highest BCUT2D eigenvalue weighted by atomic mass is 19.4. The number of amides is 2. The second kappa shape index (κ2) is 13.9. The molecule has 0 radical (unpaired) electrons. The zero-order valence-corrected chi connectivity index (χ0v) is 27.8. The average molecular weight is 699 g/mol. The minimum Gasteiger partial charge on any atom is -0.504 e. The van der Waals surface area contributed by atoms with Gasteiger partial charge in [0, 0.05) is 50.0 Å². The Labute approximate surface area is 284 Å². The van der Waals surface area contributed by atoms with Gasteiger partial charge in [0.25, 0.3) is 11.5 Å². The van der Waals surface area contributed by atoms with Crippen LogP contribution in [-0.4, -0.2) is 101 Å². The summed E-state index contributed by atoms with van der Waals surface area (Å²) in [5.74, 6) is -1.96. The summed E-state index contributed by atoms with van der Waals surface area (Å²) in [6.07, 6.45) is -0.928. The molecule has 18 heteroatoms. The van der Waals surface area contributed by atoms with Gasteiger partial charge in [0.05, 0.1) is 24.4 Å². The summed E-state index contributed by atoms with van der Waals surface area (Å²) >= 11 is 0. The van der Waals surface area contributed by atoms with Crippen LogP contribution in [-0.2, 0) is 17.8 Å². The minimum atomic E-state index is -4.26. The first-order chi connectivity index (χ1) is 23.9. The minimum absolute atomic E-state index is 0.0606. The molecule has 1 saturated carbocycles. The number of hydrogen-bond donors (Lipinski definition) is 2. The fourth-order valence-corrected chi connectivity index (χ4v) is 6.60. The highest BCUT2D eigenvalue weighted by Crippen LogP contribution is 2.37. The lowest BCUT2D eigenvalue weighted by Gasteiger charge is -2.36. The fraction of sp³-hybridized carbons (Fsp3) is 0.500. The number of alkyl halides is 3. The van der Waals surface area contributed by atoms with E-state index in [4.69, 9.17) is 4.74 Å². The molecule has 1 aliphatic heterocycles. The number of fused-ring (bicyclic) bond motifs is 1. The quantitative estimate of drug-likeness (QED) is 0.277. The van der Waals surface area contributed by atoms with E-state index in [1.807, 2.05) is 11.8 Å². The second-order valence-electron chi connectivity index (χ2n) is 12.4. The van der Waals surface area contributed by atoms with Gasteiger partial charge in [-0.25, -0.2) is 15.0 Å². The molecular formula is C32H37F3N10O5. The third kappa shape index (κ3) is 6.78. The van der Waals surface area contributed by atoms with Gasteiger partial charge in [-0.2, -0.15) is 22.7 Å². The van der Waals surface area contributed by atoms with Crippen molar-refractivity contribution in [2.75, 3.05) is 38.2 Å². The van der Waals surface area contributed by atoms with Crippen LogP contribution in [0.1, 0.15) is 54.5 Å². The van der Waals surface area contributed by atoms with E-state index in [-0.39, 0.29) is 92.8 Å². The Morgan fingerprint density at radius 1 is 1.08 bits per heavy atom. The molecule has 2 N–H and O–H groups in total. The van der Waals surface area contributed by atoms with Crippen molar-refractivity contribution in [3.63, 3.8) is 0 Å². The molecule has 0 atom stereocenters. The van der Waals surface area contributed by atoms with Crippen LogP contribution in [0.15, 0.2) is 29.5 Å². The van der Waals surface area contributed by atoms with Crippen molar-refractivity contribution in [3.8, 4) is 23.0 Å². The van der Waals surface area contributed by atoms with Gasteiger partial charge in [-0.3, -0.25) is 14.4 Å². The second-order valence-corrected chi connectivity index (χ2v) is 12.4. The number of ether oxygens (including phenoxy) is 1. The largest absolute Gasteiger partial charge is 0.504 e. The summed E-state index contributed by atoms with van der Waals surface area (Å²) in [5.41, 5.74) is 1.02. The van der Waals surface area contributed by atoms with Crippen LogP contribution >= 0.6 is 0 Å². The van der Waals surface area contributed by atoms with Crippen LogP contribution < -0.4 is 20.5 Å². The maximum Gasteiger partial charge on any atom is 0.391 e. The molecule has 4 aromatic rings. The van der Waals surface area contributed by atoms with Crippen molar-refractivity contribution < 1.29 is 32.6 Å². The van der Waals surface area contributed by atoms with E-state index >= 15 is 0 Å². The van der Waals surface area contributed by atoms with Crippen LogP contribution in [0.3, 0.4) is 0 Å². The Morgan fingerprint density at radius 3 is 2.46 bits per heavy atom. The number of hydrogen-bond acceptors (Lipinski definition) is 11. The molecule has 0 spiro atoms. The van der Waals surface area contributed by atoms with Crippen LogP contribution in [0.5, 0.6) is 11.6 Å². The monoisotopic (exact) mass is 698 g/mol. The summed E-state index contributed by atoms with van der Waals surface area (Å²) in [7, 11) is 1.46. The van der Waals surface area contributed by atoms with Crippen molar-refractivity contribution in [2.45, 2.75) is 64.7 Å². The molecule has 4 aromatic heterocycles. The van der Waals surface area contributed by atoms with E-state index in [0.29, 0.717) is 23.6 Å². The highest BCUT2D eigenvalue weighted by molar-refractivity contribution is 5.95. The van der Waals surface area contributed by atoms with Gasteiger partial charge in [0.15, 0.2) is 17.3 Å². The van der Waals surface area contributed by atoms with Gasteiger partial charge in [-0.15, -0.1) is 5.10 Å². The SMILES string of the molecule is CCc1c(N2CCN(C(=O)c3ncnc(C)c3O)CC2)c(=O)n2nc(-c3ccnc(OC)c3)nc2n1CC(=O)NC1CCC(C(F)(F)F)CC1. The van der Waals surface area contributed by atoms with E-state index in [1.54, 1.807) is 23.6 Å². The molecule has 50 heavy (non-hydrogen) atoms. The van der Waals surface area contributed by atoms with Gasteiger partial charge in [-0.05, 0) is 45.1 Å². The van der Waals surface area contributed by atoms with Gasteiger partial charge in [0.1, 0.15) is 18.6 Å². The molecule has 266 valence electrons. The lowest BCUT2D eigenvalue weighted by Crippen LogP contribution is -2.51. The first-order valence-corrected chi connectivity index (χ1v) is 16.3. The summed E-state index contributed by atoms with van der Waals surface area (Å²) < 4.78 is 47.7. The van der Waals surface area contributed by atoms with E-state index in [2.05, 4.69) is 30.4 Å². The summed E-state index contributed by atoms with van der Waals surface area (Å²) in [5, 5.41) is 17.8. The maximum absolute atomic E-state index is 14.2. The molecular weight excluding hydrogens is 661 g/mol. The van der Waals surface area contributed by atoms with Crippen LogP contribution in [0.2, 0.25) is 0 Å². The molecule has 1 aliphatic carbocycles. The normalized spacial score (nSPS) is 18.4. The number of halogens is 3. The molecule has 0 unspecified atom stereocenters. The van der Waals surface area contributed by atoms with E-state index in [0.717, 1.165) is 4.52 Å². The Bertz CT molecular complexity index is 1960. The number of carbonyl (C=O) groups is 2. The third-order valence-electron chi connectivity index (χ3n) is 9.31. The van der Waals surface area contributed by atoms with Gasteiger partial charge in [-0.1, -0.05) is 6.92 Å². The van der Waals surface area contributed by atoms with Crippen molar-refractivity contribution in [1.82, 2.24) is 44.3 Å². The average Bonchev–Trinajstić information content (AvgIpc) is 3.56. The molecule has 0 bridgehead atoms. The number of aryl methyl sites for hydroxylation is 1. The standard InChI is InChI=1S/C32H37F3N10O5/c1-4-22-26(42-11-13-43(14-12-42)29(48)25-27(47)18(2)37-17-38-25)30(49)45-31(40-28(41-45)19-9-10-36-24(15-19)50-3)44(22)16-23(46)39-21-7-5-20(6-8-21)32(33,34)35/h9-10,15,17,20-21,47H,4-8,11-14,16H2,1-3H3,(H,39,46). The topological polar surface area (TPSA) is 173 Å². The van der Waals surface area contributed by atoms with E-state index in [9.17, 15) is 32.7 Å². The number of piperazine rings is 1. The Balaban J connectivity index is 1.32.